The first kappa shape index (κ1) is 54.0. The number of carboxylic acids is 1. The molecule has 6 aromatic heterocycles. The highest BCUT2D eigenvalue weighted by Gasteiger charge is 2.28. The number of carbonyl (C=O) groups is 4. The van der Waals surface area contributed by atoms with Crippen molar-refractivity contribution in [2.75, 3.05) is 62.2 Å². The van der Waals surface area contributed by atoms with E-state index >= 15 is 0 Å². The molecule has 0 radical (unpaired) electrons. The normalized spacial score (nSPS) is 14.0. The van der Waals surface area contributed by atoms with E-state index in [9.17, 15) is 24.3 Å². The molecule has 2 fully saturated rings. The molecule has 2 saturated heterocycles. The Hall–Kier alpha value is -9.98. The molecule has 0 spiro atoms. The Kier molecular flexibility index (Phi) is 14.4. The van der Waals surface area contributed by atoms with Crippen LogP contribution in [0.15, 0.2) is 147 Å². The average Bonchev–Trinajstić information content (AvgIpc) is 4.07. The fraction of sp³-hybridized carbons (Fsp3) is 0.258. The Balaban J connectivity index is 0.000000172. The lowest BCUT2D eigenvalue weighted by Gasteiger charge is -2.36. The van der Waals surface area contributed by atoms with Crippen molar-refractivity contribution >= 4 is 68.5 Å². The molecule has 416 valence electrons. The number of anilines is 2. The van der Waals surface area contributed by atoms with Gasteiger partial charge in [-0.15, -0.1) is 0 Å². The minimum absolute atomic E-state index is 0.193. The number of nitrogens with two attached hydrogens (primary N) is 1. The molecule has 4 aromatic carbocycles. The van der Waals surface area contributed by atoms with Gasteiger partial charge in [0, 0.05) is 140 Å². The van der Waals surface area contributed by atoms with Crippen LogP contribution in [0.25, 0.3) is 77.6 Å². The highest BCUT2D eigenvalue weighted by Crippen LogP contribution is 2.34. The summed E-state index contributed by atoms with van der Waals surface area (Å²) in [4.78, 5) is 74.1. The molecule has 12 rings (SSSR count). The molecule has 82 heavy (non-hydrogen) atoms. The minimum Gasteiger partial charge on any atom is -0.478 e. The largest absolute Gasteiger partial charge is 0.478 e. The Bertz CT molecular complexity index is 3790. The zero-order chi connectivity index (χ0) is 57.5. The molecule has 8 heterocycles. The number of primary amides is 1. The molecular weight excluding hydrogens is 1040 g/mol. The first-order valence-electron chi connectivity index (χ1n) is 27.0. The molecule has 0 bridgehead atoms. The fourth-order valence-electron chi connectivity index (χ4n) is 10.2. The lowest BCUT2D eigenvalue weighted by atomic mass is 10.0. The third-order valence-electron chi connectivity index (χ3n) is 14.3. The summed E-state index contributed by atoms with van der Waals surface area (Å²) in [6.07, 6.45) is 14.0. The summed E-state index contributed by atoms with van der Waals surface area (Å²) in [6, 6.07) is 30.7. The quantitative estimate of drug-likeness (QED) is 0.144. The molecule has 20 heteroatoms. The number of aromatic nitrogens is 8. The molecule has 10 aromatic rings. The fourth-order valence-corrected chi connectivity index (χ4v) is 10.2. The van der Waals surface area contributed by atoms with Gasteiger partial charge in [0.05, 0.1) is 29.0 Å². The van der Waals surface area contributed by atoms with E-state index in [1.807, 2.05) is 84.5 Å². The van der Waals surface area contributed by atoms with Crippen LogP contribution >= 0.6 is 0 Å². The maximum atomic E-state index is 12.4. The average molecular weight is 1100 g/mol. The van der Waals surface area contributed by atoms with E-state index in [0.717, 1.165) is 98.5 Å². The molecule has 2 aliphatic rings. The van der Waals surface area contributed by atoms with E-state index in [1.54, 1.807) is 73.9 Å². The van der Waals surface area contributed by atoms with Crippen LogP contribution in [-0.4, -0.2) is 142 Å². The smallest absolute Gasteiger partial charge is 0.410 e. The summed E-state index contributed by atoms with van der Waals surface area (Å²) in [7, 11) is 0. The summed E-state index contributed by atoms with van der Waals surface area (Å²) in [6.45, 7) is 16.7. The van der Waals surface area contributed by atoms with Crippen molar-refractivity contribution in [3.05, 3.63) is 158 Å². The van der Waals surface area contributed by atoms with Crippen LogP contribution in [0.2, 0.25) is 0 Å². The van der Waals surface area contributed by atoms with Crippen LogP contribution in [0.3, 0.4) is 0 Å². The first-order valence-corrected chi connectivity index (χ1v) is 27.0. The Morgan fingerprint density at radius 3 is 1.27 bits per heavy atom. The van der Waals surface area contributed by atoms with Crippen LogP contribution in [0, 0.1) is 0 Å². The summed E-state index contributed by atoms with van der Waals surface area (Å²) in [5.74, 6) is -1.48. The van der Waals surface area contributed by atoms with Crippen molar-refractivity contribution in [1.29, 1.82) is 0 Å². The number of hydrogen-bond donors (Lipinski definition) is 2. The lowest BCUT2D eigenvalue weighted by Crippen LogP contribution is -2.50. The van der Waals surface area contributed by atoms with Crippen molar-refractivity contribution in [3.8, 4) is 44.5 Å². The molecule has 2 aliphatic heterocycles. The number of piperazine rings is 2. The van der Waals surface area contributed by atoms with Gasteiger partial charge in [-0.05, 0) is 124 Å². The molecule has 0 saturated carbocycles. The number of nitrogens with zero attached hydrogens (tertiary/aromatic N) is 12. The Morgan fingerprint density at radius 1 is 0.476 bits per heavy atom. The van der Waals surface area contributed by atoms with Gasteiger partial charge >= 0.3 is 18.2 Å². The van der Waals surface area contributed by atoms with Gasteiger partial charge in [0.15, 0.2) is 11.3 Å². The summed E-state index contributed by atoms with van der Waals surface area (Å²) in [5, 5.41) is 20.2. The van der Waals surface area contributed by atoms with E-state index in [-0.39, 0.29) is 17.7 Å². The molecule has 20 nitrogen and oxygen atoms in total. The maximum Gasteiger partial charge on any atom is 0.410 e. The van der Waals surface area contributed by atoms with Gasteiger partial charge in [0.1, 0.15) is 11.2 Å². The number of pyridine rings is 2. The third-order valence-corrected chi connectivity index (χ3v) is 14.3. The number of hydrogen-bond acceptors (Lipinski definition) is 14. The van der Waals surface area contributed by atoms with Crippen molar-refractivity contribution in [3.63, 3.8) is 0 Å². The molecule has 3 N–H and O–H groups in total. The van der Waals surface area contributed by atoms with Gasteiger partial charge in [0.2, 0.25) is 5.91 Å². The number of benzene rings is 4. The van der Waals surface area contributed by atoms with Crippen LogP contribution in [-0.2, 0) is 9.47 Å². The van der Waals surface area contributed by atoms with Gasteiger partial charge in [-0.3, -0.25) is 14.8 Å². The number of aromatic carboxylic acids is 1. The van der Waals surface area contributed by atoms with Gasteiger partial charge in [-0.2, -0.15) is 10.2 Å². The highest BCUT2D eigenvalue weighted by molar-refractivity contribution is 6.03. The summed E-state index contributed by atoms with van der Waals surface area (Å²) >= 11 is 0. The van der Waals surface area contributed by atoms with Crippen molar-refractivity contribution in [1.82, 2.24) is 49.0 Å². The van der Waals surface area contributed by atoms with Crippen LogP contribution in [0.5, 0.6) is 0 Å². The van der Waals surface area contributed by atoms with Crippen LogP contribution < -0.4 is 15.5 Å². The third kappa shape index (κ3) is 11.5. The minimum atomic E-state index is -0.988. The number of carbonyl (C=O) groups excluding carboxylic acids is 3. The summed E-state index contributed by atoms with van der Waals surface area (Å²) in [5.41, 5.74) is 17.4. The van der Waals surface area contributed by atoms with Crippen molar-refractivity contribution < 1.29 is 33.8 Å². The number of amides is 3. The van der Waals surface area contributed by atoms with Gasteiger partial charge in [0.25, 0.3) is 0 Å². The highest BCUT2D eigenvalue weighted by atomic mass is 16.6. The van der Waals surface area contributed by atoms with Crippen LogP contribution in [0.4, 0.5) is 21.0 Å². The number of rotatable bonds is 8. The standard InChI is InChI=1S/C31H31N7O3.C31H30N6O4/c1-31(2,3)41-30(40)37-14-12-36(13-15-37)23-7-4-20(5-8-23)22-17-34-29-26(18-35-38(29)19-22)24-10-11-33-27-16-21(28(32)39)6-9-25(24)27;1-31(2,3)41-30(40)36-14-12-35(13-15-36)23-7-4-20(5-8-23)22-17-33-28-26(18-34-37(28)19-22)24-10-11-32-27-16-21(29(38)39)6-9-25(24)27/h4-11,16-19H,12-15H2,1-3H3,(H2,32,39);4-11,16-19H,12-15H2,1-3H3,(H,38,39). The Morgan fingerprint density at radius 2 is 0.878 bits per heavy atom. The van der Waals surface area contributed by atoms with Gasteiger partial charge in [-0.25, -0.2) is 33.4 Å². The second-order valence-electron chi connectivity index (χ2n) is 22.2. The Labute approximate surface area is 472 Å². The van der Waals surface area contributed by atoms with Crippen molar-refractivity contribution in [2.45, 2.75) is 52.7 Å². The topological polar surface area (TPSA) is 232 Å². The van der Waals surface area contributed by atoms with Gasteiger partial charge < -0.3 is 39.9 Å². The second kappa shape index (κ2) is 21.9. The number of ether oxygens (including phenoxy) is 2. The zero-order valence-corrected chi connectivity index (χ0v) is 46.4. The van der Waals surface area contributed by atoms with E-state index in [4.69, 9.17) is 25.2 Å². The molecular formula is C62H61N13O7. The van der Waals surface area contributed by atoms with E-state index in [1.165, 1.54) is 0 Å². The first-order chi connectivity index (χ1) is 39.3. The predicted octanol–water partition coefficient (Wildman–Crippen LogP) is 10.1. The monoisotopic (exact) mass is 1100 g/mol. The van der Waals surface area contributed by atoms with E-state index in [2.05, 4.69) is 78.5 Å². The van der Waals surface area contributed by atoms with E-state index < -0.39 is 23.1 Å². The number of fused-ring (bicyclic) bond motifs is 4. The maximum absolute atomic E-state index is 12.4. The molecule has 3 amide bonds. The lowest BCUT2D eigenvalue weighted by molar-refractivity contribution is 0.0230. The summed E-state index contributed by atoms with van der Waals surface area (Å²) < 4.78 is 14.5. The van der Waals surface area contributed by atoms with Gasteiger partial charge in [-0.1, -0.05) is 36.4 Å². The van der Waals surface area contributed by atoms with Crippen LogP contribution in [0.1, 0.15) is 62.3 Å². The zero-order valence-electron chi connectivity index (χ0n) is 46.4. The molecule has 0 unspecified atom stereocenters. The van der Waals surface area contributed by atoms with Crippen molar-refractivity contribution in [2.24, 2.45) is 5.73 Å². The molecule has 0 atom stereocenters. The molecule has 0 aliphatic carbocycles. The SMILES string of the molecule is CC(C)(C)OC(=O)N1CCN(c2ccc(-c3cnc4c(-c5ccnc6cc(C(=O)O)ccc56)cnn4c3)cc2)CC1.CC(C)(C)OC(=O)N1CCN(c2ccc(-c3cnc4c(-c5ccnc6cc(C(N)=O)ccc56)cnn4c3)cc2)CC1. The van der Waals surface area contributed by atoms with E-state index in [0.29, 0.717) is 48.4 Å². The predicted molar refractivity (Wildman–Crippen MR) is 314 cm³/mol. The second-order valence-corrected chi connectivity index (χ2v) is 22.2. The number of carboxylic acid groups (broad SMARTS) is 1.